The van der Waals surface area contributed by atoms with Gasteiger partial charge in [-0.05, 0) is 36.4 Å². The van der Waals surface area contributed by atoms with Gasteiger partial charge in [-0.2, -0.15) is 5.10 Å². The fraction of sp³-hybridized carbons (Fsp3) is 0. The predicted molar refractivity (Wildman–Crippen MR) is 73.7 cm³/mol. The Balaban J connectivity index is 2.19. The van der Waals surface area contributed by atoms with Gasteiger partial charge in [0.05, 0.1) is 17.1 Å². The van der Waals surface area contributed by atoms with Crippen LogP contribution in [-0.4, -0.2) is 25.8 Å². The Kier molecular flexibility index (Phi) is 3.19. The second-order valence-corrected chi connectivity index (χ2v) is 4.32. The van der Waals surface area contributed by atoms with Crippen molar-refractivity contribution in [2.24, 2.45) is 0 Å². The molecule has 0 amide bonds. The third kappa shape index (κ3) is 2.51. The third-order valence-electron chi connectivity index (χ3n) is 2.93. The van der Waals surface area contributed by atoms with Crippen molar-refractivity contribution in [3.8, 4) is 17.1 Å². The number of carboxylic acid groups (broad SMARTS) is 1. The molecule has 0 bridgehead atoms. The first-order valence-electron chi connectivity index (χ1n) is 6.16. The summed E-state index contributed by atoms with van der Waals surface area (Å²) in [5.41, 5.74) is 1.57. The number of pyridine rings is 1. The Hall–Kier alpha value is -3.02. The summed E-state index contributed by atoms with van der Waals surface area (Å²) in [6.07, 6.45) is 1.61. The van der Waals surface area contributed by atoms with Crippen molar-refractivity contribution < 1.29 is 14.3 Å². The van der Waals surface area contributed by atoms with Crippen LogP contribution in [0, 0.1) is 5.82 Å². The van der Waals surface area contributed by atoms with Crippen LogP contribution < -0.4 is 0 Å². The highest BCUT2D eigenvalue weighted by Crippen LogP contribution is 2.22. The van der Waals surface area contributed by atoms with Crippen molar-refractivity contribution in [1.82, 2.24) is 14.8 Å². The smallest absolute Gasteiger partial charge is 0.356 e. The van der Waals surface area contributed by atoms with Gasteiger partial charge in [-0.1, -0.05) is 6.07 Å². The minimum Gasteiger partial charge on any atom is -0.476 e. The minimum atomic E-state index is -1.13. The van der Waals surface area contributed by atoms with E-state index < -0.39 is 5.97 Å². The molecule has 3 aromatic rings. The Morgan fingerprint density at radius 1 is 1.14 bits per heavy atom. The van der Waals surface area contributed by atoms with Gasteiger partial charge in [-0.15, -0.1) is 0 Å². The van der Waals surface area contributed by atoms with E-state index in [1.54, 1.807) is 24.4 Å². The normalized spacial score (nSPS) is 10.5. The molecule has 0 saturated carbocycles. The van der Waals surface area contributed by atoms with E-state index in [1.165, 1.54) is 35.0 Å². The van der Waals surface area contributed by atoms with Gasteiger partial charge in [0.1, 0.15) is 5.82 Å². The van der Waals surface area contributed by atoms with Crippen LogP contribution in [0.3, 0.4) is 0 Å². The minimum absolute atomic E-state index is 0.0972. The van der Waals surface area contributed by atoms with Crippen molar-refractivity contribution in [2.75, 3.05) is 0 Å². The number of benzene rings is 1. The number of rotatable bonds is 3. The summed E-state index contributed by atoms with van der Waals surface area (Å²) in [6.45, 7) is 0. The zero-order valence-corrected chi connectivity index (χ0v) is 10.8. The maximum atomic E-state index is 13.0. The van der Waals surface area contributed by atoms with Gasteiger partial charge in [-0.25, -0.2) is 13.9 Å². The van der Waals surface area contributed by atoms with E-state index in [9.17, 15) is 9.18 Å². The SMILES string of the molecule is O=C(O)c1cc(-c2ccccn2)n(-c2ccc(F)cc2)n1. The molecule has 21 heavy (non-hydrogen) atoms. The maximum Gasteiger partial charge on any atom is 0.356 e. The molecule has 0 aliphatic carbocycles. The van der Waals surface area contributed by atoms with Crippen molar-refractivity contribution >= 4 is 5.97 Å². The van der Waals surface area contributed by atoms with E-state index in [0.717, 1.165) is 0 Å². The third-order valence-corrected chi connectivity index (χ3v) is 2.93. The highest BCUT2D eigenvalue weighted by Gasteiger charge is 2.16. The number of aromatic carboxylic acids is 1. The number of carboxylic acids is 1. The first kappa shape index (κ1) is 13.0. The molecule has 2 heterocycles. The highest BCUT2D eigenvalue weighted by atomic mass is 19.1. The van der Waals surface area contributed by atoms with Crippen molar-refractivity contribution in [2.45, 2.75) is 0 Å². The maximum absolute atomic E-state index is 13.0. The number of nitrogens with zero attached hydrogens (tertiary/aromatic N) is 3. The molecule has 0 atom stereocenters. The van der Waals surface area contributed by atoms with Crippen LogP contribution in [0.15, 0.2) is 54.7 Å². The summed E-state index contributed by atoms with van der Waals surface area (Å²) in [6, 6.07) is 12.4. The number of aromatic nitrogens is 3. The summed E-state index contributed by atoms with van der Waals surface area (Å²) >= 11 is 0. The average Bonchev–Trinajstić information content (AvgIpc) is 2.94. The monoisotopic (exact) mass is 283 g/mol. The van der Waals surface area contributed by atoms with Crippen LogP contribution in [0.4, 0.5) is 4.39 Å². The van der Waals surface area contributed by atoms with E-state index in [4.69, 9.17) is 5.11 Å². The fourth-order valence-corrected chi connectivity index (χ4v) is 1.96. The number of halogens is 1. The van der Waals surface area contributed by atoms with E-state index in [1.807, 2.05) is 0 Å². The standard InChI is InChI=1S/C15H10FN3O2/c16-10-4-6-11(7-5-10)19-14(9-13(18-19)15(20)21)12-3-1-2-8-17-12/h1-9H,(H,20,21). The predicted octanol–water partition coefficient (Wildman–Crippen LogP) is 2.77. The molecule has 6 heteroatoms. The molecule has 0 aliphatic heterocycles. The van der Waals surface area contributed by atoms with Crippen LogP contribution in [0.25, 0.3) is 17.1 Å². The zero-order valence-electron chi connectivity index (χ0n) is 10.8. The molecule has 3 rings (SSSR count). The largest absolute Gasteiger partial charge is 0.476 e. The Morgan fingerprint density at radius 3 is 2.52 bits per heavy atom. The lowest BCUT2D eigenvalue weighted by molar-refractivity contribution is 0.0690. The molecule has 104 valence electrons. The van der Waals surface area contributed by atoms with Gasteiger partial charge in [-0.3, -0.25) is 4.98 Å². The van der Waals surface area contributed by atoms with Gasteiger partial charge >= 0.3 is 5.97 Å². The van der Waals surface area contributed by atoms with Gasteiger partial charge in [0.25, 0.3) is 0 Å². The topological polar surface area (TPSA) is 68.0 Å². The lowest BCUT2D eigenvalue weighted by atomic mass is 10.2. The van der Waals surface area contributed by atoms with Crippen LogP contribution in [0.1, 0.15) is 10.5 Å². The second kappa shape index (κ2) is 5.16. The van der Waals surface area contributed by atoms with Gasteiger partial charge < -0.3 is 5.11 Å². The van der Waals surface area contributed by atoms with E-state index in [2.05, 4.69) is 10.1 Å². The lowest BCUT2D eigenvalue weighted by Gasteiger charge is -2.06. The average molecular weight is 283 g/mol. The van der Waals surface area contributed by atoms with E-state index in [0.29, 0.717) is 17.1 Å². The zero-order chi connectivity index (χ0) is 14.8. The molecule has 0 aliphatic rings. The van der Waals surface area contributed by atoms with Crippen molar-refractivity contribution in [1.29, 1.82) is 0 Å². The lowest BCUT2D eigenvalue weighted by Crippen LogP contribution is -2.02. The molecule has 0 unspecified atom stereocenters. The van der Waals surface area contributed by atoms with Crippen LogP contribution in [0.5, 0.6) is 0 Å². The fourth-order valence-electron chi connectivity index (χ4n) is 1.96. The first-order chi connectivity index (χ1) is 10.1. The van der Waals surface area contributed by atoms with Crippen LogP contribution >= 0.6 is 0 Å². The number of hydrogen-bond acceptors (Lipinski definition) is 3. The summed E-state index contributed by atoms with van der Waals surface area (Å²) in [7, 11) is 0. The van der Waals surface area contributed by atoms with E-state index in [-0.39, 0.29) is 11.5 Å². The molecular formula is C15H10FN3O2. The summed E-state index contributed by atoms with van der Waals surface area (Å²) in [4.78, 5) is 15.3. The molecule has 0 spiro atoms. The number of hydrogen-bond donors (Lipinski definition) is 1. The van der Waals surface area contributed by atoms with Gasteiger partial charge in [0.15, 0.2) is 5.69 Å². The van der Waals surface area contributed by atoms with Crippen LogP contribution in [-0.2, 0) is 0 Å². The Bertz CT molecular complexity index is 782. The first-order valence-corrected chi connectivity index (χ1v) is 6.16. The molecule has 2 aromatic heterocycles. The quantitative estimate of drug-likeness (QED) is 0.802. The van der Waals surface area contributed by atoms with Gasteiger partial charge in [0, 0.05) is 12.3 Å². The number of carbonyl (C=O) groups is 1. The molecule has 0 saturated heterocycles. The molecule has 5 nitrogen and oxygen atoms in total. The summed E-state index contributed by atoms with van der Waals surface area (Å²) in [5.74, 6) is -1.50. The van der Waals surface area contributed by atoms with E-state index >= 15 is 0 Å². The van der Waals surface area contributed by atoms with Crippen LogP contribution in [0.2, 0.25) is 0 Å². The second-order valence-electron chi connectivity index (χ2n) is 4.32. The molecule has 1 N–H and O–H groups in total. The molecule has 1 aromatic carbocycles. The molecular weight excluding hydrogens is 273 g/mol. The summed E-state index contributed by atoms with van der Waals surface area (Å²) in [5, 5.41) is 13.1. The summed E-state index contributed by atoms with van der Waals surface area (Å²) < 4.78 is 14.5. The van der Waals surface area contributed by atoms with Crippen molar-refractivity contribution in [3.05, 3.63) is 66.2 Å². The van der Waals surface area contributed by atoms with Crippen molar-refractivity contribution in [3.63, 3.8) is 0 Å². The highest BCUT2D eigenvalue weighted by molar-refractivity contribution is 5.87. The molecule has 0 radical (unpaired) electrons. The molecule has 0 fully saturated rings. The Labute approximate surface area is 119 Å². The Morgan fingerprint density at radius 2 is 1.90 bits per heavy atom. The van der Waals surface area contributed by atoms with Gasteiger partial charge in [0.2, 0.25) is 0 Å².